The van der Waals surface area contributed by atoms with Crippen molar-refractivity contribution < 1.29 is 4.79 Å². The molecule has 0 saturated heterocycles. The van der Waals surface area contributed by atoms with Crippen molar-refractivity contribution in [2.24, 2.45) is 5.73 Å². The smallest absolute Gasteiger partial charge is 0.253 e. The first-order chi connectivity index (χ1) is 10.2. The molecule has 2 N–H and O–H groups in total. The Labute approximate surface area is 126 Å². The molecule has 3 heteroatoms. The Balaban J connectivity index is 1.97. The second-order valence-electron chi connectivity index (χ2n) is 5.20. The second-order valence-corrected chi connectivity index (χ2v) is 5.20. The molecule has 0 spiro atoms. The highest BCUT2D eigenvalue weighted by Crippen LogP contribution is 2.09. The summed E-state index contributed by atoms with van der Waals surface area (Å²) < 4.78 is 0. The van der Waals surface area contributed by atoms with Crippen LogP contribution in [-0.2, 0) is 12.8 Å². The van der Waals surface area contributed by atoms with Crippen LogP contribution in [0.5, 0.6) is 0 Å². The van der Waals surface area contributed by atoms with Gasteiger partial charge in [-0.05, 0) is 42.6 Å². The number of amides is 1. The summed E-state index contributed by atoms with van der Waals surface area (Å²) in [5.41, 5.74) is 8.65. The molecule has 0 aliphatic heterocycles. The number of nitrogens with two attached hydrogens (primary N) is 1. The van der Waals surface area contributed by atoms with Crippen molar-refractivity contribution >= 4 is 5.91 Å². The zero-order valence-electron chi connectivity index (χ0n) is 12.5. The van der Waals surface area contributed by atoms with Crippen LogP contribution in [-0.4, -0.2) is 30.9 Å². The summed E-state index contributed by atoms with van der Waals surface area (Å²) in [5, 5.41) is 0. The third-order valence-corrected chi connectivity index (χ3v) is 3.53. The molecule has 1 amide bonds. The van der Waals surface area contributed by atoms with Gasteiger partial charge in [-0.25, -0.2) is 0 Å². The summed E-state index contributed by atoms with van der Waals surface area (Å²) in [6.07, 6.45) is 1.67. The standard InChI is InChI=1S/C18H22N2O/c1-20(13-11-15-6-3-2-4-7-15)18(21)17-9-5-8-16(14-17)10-12-19/h2-9,14H,10-13,19H2,1H3. The topological polar surface area (TPSA) is 46.3 Å². The van der Waals surface area contributed by atoms with E-state index >= 15 is 0 Å². The molecule has 0 saturated carbocycles. The average molecular weight is 282 g/mol. The summed E-state index contributed by atoms with van der Waals surface area (Å²) >= 11 is 0. The van der Waals surface area contributed by atoms with Crippen LogP contribution < -0.4 is 5.73 Å². The molecule has 2 aromatic carbocycles. The highest BCUT2D eigenvalue weighted by molar-refractivity contribution is 5.94. The predicted octanol–water partition coefficient (Wildman–Crippen LogP) is 2.50. The van der Waals surface area contributed by atoms with E-state index in [1.807, 2.05) is 49.5 Å². The maximum Gasteiger partial charge on any atom is 0.253 e. The Bertz CT molecular complexity index is 581. The van der Waals surface area contributed by atoms with Crippen LogP contribution in [0.4, 0.5) is 0 Å². The minimum absolute atomic E-state index is 0.0600. The molecule has 0 fully saturated rings. The van der Waals surface area contributed by atoms with E-state index in [0.29, 0.717) is 13.1 Å². The summed E-state index contributed by atoms with van der Waals surface area (Å²) in [4.78, 5) is 14.2. The van der Waals surface area contributed by atoms with Gasteiger partial charge in [0.05, 0.1) is 0 Å². The molecule has 21 heavy (non-hydrogen) atoms. The third kappa shape index (κ3) is 4.43. The monoisotopic (exact) mass is 282 g/mol. The molecule has 0 aromatic heterocycles. The van der Waals surface area contributed by atoms with Crippen LogP contribution in [0.3, 0.4) is 0 Å². The fourth-order valence-corrected chi connectivity index (χ4v) is 2.29. The molecule has 0 aliphatic rings. The van der Waals surface area contributed by atoms with E-state index in [0.717, 1.165) is 24.0 Å². The summed E-state index contributed by atoms with van der Waals surface area (Å²) in [6, 6.07) is 17.9. The molecule has 110 valence electrons. The molecule has 0 atom stereocenters. The van der Waals surface area contributed by atoms with Gasteiger partial charge in [0.2, 0.25) is 0 Å². The van der Waals surface area contributed by atoms with Crippen molar-refractivity contribution in [2.75, 3.05) is 20.1 Å². The van der Waals surface area contributed by atoms with Crippen molar-refractivity contribution in [3.05, 3.63) is 71.3 Å². The predicted molar refractivity (Wildman–Crippen MR) is 86.3 cm³/mol. The molecule has 0 aliphatic carbocycles. The molecule has 0 heterocycles. The van der Waals surface area contributed by atoms with Gasteiger partial charge in [0, 0.05) is 19.2 Å². The van der Waals surface area contributed by atoms with E-state index in [2.05, 4.69) is 12.1 Å². The first kappa shape index (κ1) is 15.3. The van der Waals surface area contributed by atoms with Crippen molar-refractivity contribution in [1.82, 2.24) is 4.90 Å². The number of carbonyl (C=O) groups is 1. The van der Waals surface area contributed by atoms with E-state index < -0.39 is 0 Å². The van der Waals surface area contributed by atoms with E-state index in [1.54, 1.807) is 4.90 Å². The quantitative estimate of drug-likeness (QED) is 0.885. The van der Waals surface area contributed by atoms with Gasteiger partial charge >= 0.3 is 0 Å². The summed E-state index contributed by atoms with van der Waals surface area (Å²) in [6.45, 7) is 1.31. The van der Waals surface area contributed by atoms with E-state index in [-0.39, 0.29) is 5.91 Å². The Hall–Kier alpha value is -2.13. The van der Waals surface area contributed by atoms with Crippen LogP contribution in [0.1, 0.15) is 21.5 Å². The minimum Gasteiger partial charge on any atom is -0.341 e. The fraction of sp³-hybridized carbons (Fsp3) is 0.278. The average Bonchev–Trinajstić information content (AvgIpc) is 2.53. The van der Waals surface area contributed by atoms with Gasteiger partial charge in [0.15, 0.2) is 0 Å². The van der Waals surface area contributed by atoms with Gasteiger partial charge < -0.3 is 10.6 Å². The van der Waals surface area contributed by atoms with Crippen LogP contribution >= 0.6 is 0 Å². The van der Waals surface area contributed by atoms with E-state index in [9.17, 15) is 4.79 Å². The lowest BCUT2D eigenvalue weighted by Gasteiger charge is -2.17. The molecule has 2 aromatic rings. The Morgan fingerprint density at radius 2 is 1.71 bits per heavy atom. The Morgan fingerprint density at radius 3 is 2.43 bits per heavy atom. The molecule has 0 radical (unpaired) electrons. The highest BCUT2D eigenvalue weighted by Gasteiger charge is 2.11. The highest BCUT2D eigenvalue weighted by atomic mass is 16.2. The van der Waals surface area contributed by atoms with Gasteiger partial charge in [-0.15, -0.1) is 0 Å². The van der Waals surface area contributed by atoms with E-state index in [1.165, 1.54) is 5.56 Å². The molecule has 3 nitrogen and oxygen atoms in total. The van der Waals surface area contributed by atoms with Gasteiger partial charge in [-0.1, -0.05) is 42.5 Å². The van der Waals surface area contributed by atoms with Crippen molar-refractivity contribution in [3.63, 3.8) is 0 Å². The van der Waals surface area contributed by atoms with E-state index in [4.69, 9.17) is 5.73 Å². The Morgan fingerprint density at radius 1 is 1.00 bits per heavy atom. The Kier molecular flexibility index (Phi) is 5.52. The van der Waals surface area contributed by atoms with Crippen molar-refractivity contribution in [3.8, 4) is 0 Å². The first-order valence-electron chi connectivity index (χ1n) is 7.29. The SMILES string of the molecule is CN(CCc1ccccc1)C(=O)c1cccc(CCN)c1. The number of likely N-dealkylation sites (N-methyl/N-ethyl adjacent to an activating group) is 1. The van der Waals surface area contributed by atoms with Gasteiger partial charge in [-0.3, -0.25) is 4.79 Å². The largest absolute Gasteiger partial charge is 0.341 e. The molecule has 0 unspecified atom stereocenters. The van der Waals surface area contributed by atoms with Gasteiger partial charge in [0.25, 0.3) is 5.91 Å². The van der Waals surface area contributed by atoms with Crippen molar-refractivity contribution in [1.29, 1.82) is 0 Å². The summed E-state index contributed by atoms with van der Waals surface area (Å²) in [7, 11) is 1.85. The molecule has 2 rings (SSSR count). The minimum atomic E-state index is 0.0600. The lowest BCUT2D eigenvalue weighted by Crippen LogP contribution is -2.28. The van der Waals surface area contributed by atoms with Gasteiger partial charge in [0.1, 0.15) is 0 Å². The lowest BCUT2D eigenvalue weighted by molar-refractivity contribution is 0.0796. The molecule has 0 bridgehead atoms. The van der Waals surface area contributed by atoms with Crippen LogP contribution in [0.15, 0.2) is 54.6 Å². The number of carbonyl (C=O) groups excluding carboxylic acids is 1. The number of hydrogen-bond acceptors (Lipinski definition) is 2. The fourth-order valence-electron chi connectivity index (χ4n) is 2.29. The number of hydrogen-bond donors (Lipinski definition) is 1. The van der Waals surface area contributed by atoms with Crippen LogP contribution in [0.25, 0.3) is 0 Å². The lowest BCUT2D eigenvalue weighted by atomic mass is 10.1. The summed E-state index contributed by atoms with van der Waals surface area (Å²) in [5.74, 6) is 0.0600. The van der Waals surface area contributed by atoms with Crippen LogP contribution in [0.2, 0.25) is 0 Å². The molecular weight excluding hydrogens is 260 g/mol. The maximum absolute atomic E-state index is 12.4. The van der Waals surface area contributed by atoms with Crippen molar-refractivity contribution in [2.45, 2.75) is 12.8 Å². The zero-order valence-corrected chi connectivity index (χ0v) is 12.5. The number of rotatable bonds is 6. The number of benzene rings is 2. The molecular formula is C18H22N2O. The number of nitrogens with zero attached hydrogens (tertiary/aromatic N) is 1. The maximum atomic E-state index is 12.4. The second kappa shape index (κ2) is 7.60. The third-order valence-electron chi connectivity index (χ3n) is 3.53. The normalized spacial score (nSPS) is 10.4. The van der Waals surface area contributed by atoms with Crippen LogP contribution in [0, 0.1) is 0 Å². The zero-order chi connectivity index (χ0) is 15.1. The van der Waals surface area contributed by atoms with Gasteiger partial charge in [-0.2, -0.15) is 0 Å². The first-order valence-corrected chi connectivity index (χ1v) is 7.29.